The molecule has 0 bridgehead atoms. The first-order chi connectivity index (χ1) is 12.0. The zero-order valence-electron chi connectivity index (χ0n) is 14.0. The number of nitrogens with zero attached hydrogens (tertiary/aromatic N) is 1. The molecule has 2 amide bonds. The third-order valence-corrected chi connectivity index (χ3v) is 4.62. The normalized spacial score (nSPS) is 14.3. The summed E-state index contributed by atoms with van der Waals surface area (Å²) in [6, 6.07) is 7.04. The van der Waals surface area contributed by atoms with Crippen LogP contribution < -0.4 is 10.6 Å². The lowest BCUT2D eigenvalue weighted by Gasteiger charge is -2.12. The van der Waals surface area contributed by atoms with E-state index in [2.05, 4.69) is 15.6 Å². The van der Waals surface area contributed by atoms with E-state index in [9.17, 15) is 9.59 Å². The predicted octanol–water partition coefficient (Wildman–Crippen LogP) is 3.97. The van der Waals surface area contributed by atoms with E-state index in [-0.39, 0.29) is 17.9 Å². The molecule has 1 aromatic carbocycles. The van der Waals surface area contributed by atoms with Crippen LogP contribution in [-0.2, 0) is 0 Å². The Hall–Kier alpha value is -2.40. The number of aromatic nitrogens is 1. The van der Waals surface area contributed by atoms with Gasteiger partial charge in [0.15, 0.2) is 0 Å². The minimum absolute atomic E-state index is 0.184. The fourth-order valence-electron chi connectivity index (χ4n) is 2.99. The van der Waals surface area contributed by atoms with E-state index in [0.29, 0.717) is 21.8 Å². The highest BCUT2D eigenvalue weighted by Crippen LogP contribution is 2.21. The van der Waals surface area contributed by atoms with E-state index in [4.69, 9.17) is 11.6 Å². The number of hydrogen-bond acceptors (Lipinski definition) is 3. The van der Waals surface area contributed by atoms with E-state index < -0.39 is 0 Å². The molecule has 130 valence electrons. The van der Waals surface area contributed by atoms with Crippen molar-refractivity contribution in [1.29, 1.82) is 0 Å². The zero-order chi connectivity index (χ0) is 17.8. The third-order valence-electron chi connectivity index (χ3n) is 4.39. The van der Waals surface area contributed by atoms with Gasteiger partial charge in [0.05, 0.1) is 11.1 Å². The first-order valence-corrected chi connectivity index (χ1v) is 8.74. The molecule has 1 heterocycles. The number of halogens is 1. The number of carbonyl (C=O) groups is 2. The second-order valence-electron chi connectivity index (χ2n) is 6.33. The van der Waals surface area contributed by atoms with Crippen molar-refractivity contribution in [1.82, 2.24) is 10.3 Å². The van der Waals surface area contributed by atoms with Gasteiger partial charge in [0, 0.05) is 29.1 Å². The molecule has 0 radical (unpaired) electrons. The number of rotatable bonds is 4. The first-order valence-electron chi connectivity index (χ1n) is 8.36. The van der Waals surface area contributed by atoms with Crippen LogP contribution in [0.2, 0.25) is 5.02 Å². The van der Waals surface area contributed by atoms with E-state index >= 15 is 0 Å². The highest BCUT2D eigenvalue weighted by molar-refractivity contribution is 6.30. The van der Waals surface area contributed by atoms with E-state index in [1.807, 2.05) is 6.92 Å². The Bertz CT molecular complexity index is 801. The van der Waals surface area contributed by atoms with E-state index in [0.717, 1.165) is 31.2 Å². The Morgan fingerprint density at radius 3 is 2.44 bits per heavy atom. The maximum absolute atomic E-state index is 12.5. The molecule has 1 aliphatic rings. The number of anilines is 1. The second-order valence-corrected chi connectivity index (χ2v) is 6.77. The highest BCUT2D eigenvalue weighted by Gasteiger charge is 2.19. The fourth-order valence-corrected chi connectivity index (χ4v) is 3.22. The van der Waals surface area contributed by atoms with Crippen LogP contribution in [0.5, 0.6) is 0 Å². The summed E-state index contributed by atoms with van der Waals surface area (Å²) in [7, 11) is 0. The summed E-state index contributed by atoms with van der Waals surface area (Å²) in [6.45, 7) is 1.87. The van der Waals surface area contributed by atoms with Crippen molar-refractivity contribution in [2.75, 3.05) is 5.32 Å². The molecule has 2 N–H and O–H groups in total. The molecular weight excluding hydrogens is 338 g/mol. The second kappa shape index (κ2) is 7.66. The maximum Gasteiger partial charge on any atom is 0.257 e. The average Bonchev–Trinajstić information content (AvgIpc) is 3.10. The van der Waals surface area contributed by atoms with Gasteiger partial charge in [0.2, 0.25) is 0 Å². The molecule has 1 aliphatic carbocycles. The van der Waals surface area contributed by atoms with Crippen LogP contribution in [0.25, 0.3) is 0 Å². The van der Waals surface area contributed by atoms with Gasteiger partial charge in [-0.2, -0.15) is 0 Å². The lowest BCUT2D eigenvalue weighted by atomic mass is 10.1. The van der Waals surface area contributed by atoms with Crippen molar-refractivity contribution < 1.29 is 9.59 Å². The van der Waals surface area contributed by atoms with Gasteiger partial charge in [0.1, 0.15) is 0 Å². The topological polar surface area (TPSA) is 71.1 Å². The molecular formula is C19H20ClN3O2. The summed E-state index contributed by atoms with van der Waals surface area (Å²) in [5, 5.41) is 6.44. The average molecular weight is 358 g/mol. The summed E-state index contributed by atoms with van der Waals surface area (Å²) >= 11 is 5.93. The van der Waals surface area contributed by atoms with Crippen LogP contribution in [0, 0.1) is 6.92 Å². The van der Waals surface area contributed by atoms with Crippen LogP contribution in [0.4, 0.5) is 5.69 Å². The number of nitrogens with one attached hydrogen (secondary N) is 2. The van der Waals surface area contributed by atoms with Crippen molar-refractivity contribution in [2.45, 2.75) is 38.6 Å². The predicted molar refractivity (Wildman–Crippen MR) is 98.1 cm³/mol. The van der Waals surface area contributed by atoms with Crippen molar-refractivity contribution in [3.63, 3.8) is 0 Å². The van der Waals surface area contributed by atoms with Crippen LogP contribution in [0.15, 0.2) is 36.7 Å². The molecule has 2 aromatic rings. The van der Waals surface area contributed by atoms with Crippen molar-refractivity contribution in [3.8, 4) is 0 Å². The van der Waals surface area contributed by atoms with Gasteiger partial charge in [0.25, 0.3) is 11.8 Å². The Balaban J connectivity index is 1.71. The summed E-state index contributed by atoms with van der Waals surface area (Å²) in [5.41, 5.74) is 2.28. The molecule has 5 nitrogen and oxygen atoms in total. The Kier molecular flexibility index (Phi) is 5.34. The summed E-state index contributed by atoms with van der Waals surface area (Å²) in [4.78, 5) is 28.8. The number of amides is 2. The summed E-state index contributed by atoms with van der Waals surface area (Å²) in [5.74, 6) is -0.495. The highest BCUT2D eigenvalue weighted by atomic mass is 35.5. The molecule has 0 spiro atoms. The third kappa shape index (κ3) is 4.37. The monoisotopic (exact) mass is 357 g/mol. The summed E-state index contributed by atoms with van der Waals surface area (Å²) in [6.07, 6.45) is 7.24. The SMILES string of the molecule is Cc1cc(Cl)ccc1NC(=O)c1cncc(C(=O)NC2CCCC2)c1. The van der Waals surface area contributed by atoms with Gasteiger partial charge >= 0.3 is 0 Å². The van der Waals surface area contributed by atoms with Crippen LogP contribution in [0.3, 0.4) is 0 Å². The van der Waals surface area contributed by atoms with Gasteiger partial charge < -0.3 is 10.6 Å². The van der Waals surface area contributed by atoms with E-state index in [1.54, 1.807) is 24.3 Å². The molecule has 1 aromatic heterocycles. The van der Waals surface area contributed by atoms with Gasteiger partial charge in [-0.1, -0.05) is 24.4 Å². The quantitative estimate of drug-likeness (QED) is 0.869. The van der Waals surface area contributed by atoms with Gasteiger partial charge in [-0.25, -0.2) is 0 Å². The smallest absolute Gasteiger partial charge is 0.257 e. The number of hydrogen-bond donors (Lipinski definition) is 2. The van der Waals surface area contributed by atoms with Crippen LogP contribution in [0.1, 0.15) is 52.0 Å². The Morgan fingerprint density at radius 1 is 1.08 bits per heavy atom. The number of aryl methyl sites for hydroxylation is 1. The van der Waals surface area contributed by atoms with Gasteiger partial charge in [-0.05, 0) is 49.6 Å². The Labute approximate surface area is 151 Å². The van der Waals surface area contributed by atoms with Crippen LogP contribution >= 0.6 is 11.6 Å². The number of carbonyl (C=O) groups excluding carboxylic acids is 2. The minimum Gasteiger partial charge on any atom is -0.349 e. The molecule has 3 rings (SSSR count). The molecule has 0 aliphatic heterocycles. The molecule has 0 saturated heterocycles. The molecule has 6 heteroatoms. The standard InChI is InChI=1S/C19H20ClN3O2/c1-12-8-15(20)6-7-17(12)23-19(25)14-9-13(10-21-11-14)18(24)22-16-4-2-3-5-16/h6-11,16H,2-5H2,1H3,(H,22,24)(H,23,25). The molecule has 0 unspecified atom stereocenters. The zero-order valence-corrected chi connectivity index (χ0v) is 14.8. The van der Waals surface area contributed by atoms with E-state index in [1.165, 1.54) is 12.4 Å². The number of pyridine rings is 1. The van der Waals surface area contributed by atoms with Crippen molar-refractivity contribution in [3.05, 3.63) is 58.4 Å². The summed E-state index contributed by atoms with van der Waals surface area (Å²) < 4.78 is 0. The minimum atomic E-state index is -0.312. The molecule has 25 heavy (non-hydrogen) atoms. The van der Waals surface area contributed by atoms with Crippen LogP contribution in [-0.4, -0.2) is 22.8 Å². The van der Waals surface area contributed by atoms with Crippen molar-refractivity contribution >= 4 is 29.1 Å². The van der Waals surface area contributed by atoms with Crippen molar-refractivity contribution in [2.24, 2.45) is 0 Å². The molecule has 1 saturated carbocycles. The molecule has 0 atom stereocenters. The molecule has 1 fully saturated rings. The fraction of sp³-hybridized carbons (Fsp3) is 0.316. The van der Waals surface area contributed by atoms with Gasteiger partial charge in [-0.3, -0.25) is 14.6 Å². The lowest BCUT2D eigenvalue weighted by Crippen LogP contribution is -2.32. The maximum atomic E-state index is 12.5. The number of benzene rings is 1. The Morgan fingerprint density at radius 2 is 1.76 bits per heavy atom. The first kappa shape index (κ1) is 17.4. The van der Waals surface area contributed by atoms with Gasteiger partial charge in [-0.15, -0.1) is 0 Å². The lowest BCUT2D eigenvalue weighted by molar-refractivity contribution is 0.0937. The largest absolute Gasteiger partial charge is 0.349 e.